The molecule has 1 aliphatic heterocycles. The summed E-state index contributed by atoms with van der Waals surface area (Å²) in [6.07, 6.45) is 3.51. The van der Waals surface area contributed by atoms with Gasteiger partial charge in [0.2, 0.25) is 5.95 Å². The number of piperazine rings is 1. The second-order valence-electron chi connectivity index (χ2n) is 6.25. The summed E-state index contributed by atoms with van der Waals surface area (Å²) in [6.45, 7) is 2.30. The molecule has 2 heterocycles. The van der Waals surface area contributed by atoms with Crippen LogP contribution in [0.25, 0.3) is 0 Å². The molecule has 1 aromatic carbocycles. The fourth-order valence-corrected chi connectivity index (χ4v) is 3.73. The Labute approximate surface area is 163 Å². The standard InChI is InChI=1S/C18H22ClN5OS/c1-22-9-10-24(18-20-11-14(26-3)16(19)21-18)15(12-22)23(2)17(25)13-7-5-4-6-8-13/h4-8,11,15H,9-10,12H2,1-3H3. The Hall–Kier alpha value is -1.83. The summed E-state index contributed by atoms with van der Waals surface area (Å²) in [4.78, 5) is 28.7. The largest absolute Gasteiger partial charge is 0.320 e. The van der Waals surface area contributed by atoms with Gasteiger partial charge in [-0.1, -0.05) is 29.8 Å². The van der Waals surface area contributed by atoms with E-state index in [0.29, 0.717) is 23.2 Å². The Balaban J connectivity index is 1.88. The zero-order chi connectivity index (χ0) is 18.7. The average Bonchev–Trinajstić information content (AvgIpc) is 2.67. The van der Waals surface area contributed by atoms with Crippen LogP contribution in [0.2, 0.25) is 5.15 Å². The van der Waals surface area contributed by atoms with Gasteiger partial charge in [-0.3, -0.25) is 4.79 Å². The number of rotatable bonds is 4. The van der Waals surface area contributed by atoms with E-state index in [1.165, 1.54) is 11.8 Å². The van der Waals surface area contributed by atoms with Crippen molar-refractivity contribution in [2.24, 2.45) is 0 Å². The lowest BCUT2D eigenvalue weighted by Crippen LogP contribution is -2.60. The van der Waals surface area contributed by atoms with E-state index in [-0.39, 0.29) is 12.1 Å². The summed E-state index contributed by atoms with van der Waals surface area (Å²) in [5.74, 6) is 0.529. The minimum atomic E-state index is -0.169. The van der Waals surface area contributed by atoms with Gasteiger partial charge in [-0.15, -0.1) is 11.8 Å². The van der Waals surface area contributed by atoms with Gasteiger partial charge in [-0.05, 0) is 25.4 Å². The van der Waals surface area contributed by atoms with Crippen LogP contribution in [-0.4, -0.2) is 71.8 Å². The first-order valence-electron chi connectivity index (χ1n) is 8.35. The number of amides is 1. The number of thioether (sulfide) groups is 1. The molecule has 1 saturated heterocycles. The lowest BCUT2D eigenvalue weighted by Gasteiger charge is -2.44. The molecule has 138 valence electrons. The minimum Gasteiger partial charge on any atom is -0.320 e. The third kappa shape index (κ3) is 3.95. The fraction of sp³-hybridized carbons (Fsp3) is 0.389. The van der Waals surface area contributed by atoms with Crippen LogP contribution in [0.15, 0.2) is 41.4 Å². The number of hydrogen-bond donors (Lipinski definition) is 0. The van der Waals surface area contributed by atoms with Crippen molar-refractivity contribution >= 4 is 35.2 Å². The van der Waals surface area contributed by atoms with Crippen LogP contribution in [0.1, 0.15) is 10.4 Å². The Morgan fingerprint density at radius 1 is 1.31 bits per heavy atom. The van der Waals surface area contributed by atoms with Crippen molar-refractivity contribution in [2.75, 3.05) is 44.9 Å². The quantitative estimate of drug-likeness (QED) is 0.590. The van der Waals surface area contributed by atoms with E-state index in [1.807, 2.05) is 43.6 Å². The van der Waals surface area contributed by atoms with Crippen LogP contribution in [0, 0.1) is 0 Å². The van der Waals surface area contributed by atoms with Crippen molar-refractivity contribution in [3.8, 4) is 0 Å². The summed E-state index contributed by atoms with van der Waals surface area (Å²) in [5.41, 5.74) is 0.667. The van der Waals surface area contributed by atoms with Crippen molar-refractivity contribution in [3.63, 3.8) is 0 Å². The van der Waals surface area contributed by atoms with E-state index < -0.39 is 0 Å². The topological polar surface area (TPSA) is 52.6 Å². The number of benzene rings is 1. The third-order valence-electron chi connectivity index (χ3n) is 4.52. The zero-order valence-electron chi connectivity index (χ0n) is 15.1. The molecule has 8 heteroatoms. The second-order valence-corrected chi connectivity index (χ2v) is 7.45. The van der Waals surface area contributed by atoms with E-state index >= 15 is 0 Å². The number of halogens is 1. The molecule has 1 aliphatic rings. The monoisotopic (exact) mass is 391 g/mol. The molecule has 1 fully saturated rings. The maximum Gasteiger partial charge on any atom is 0.255 e. The number of aromatic nitrogens is 2. The molecule has 0 N–H and O–H groups in total. The van der Waals surface area contributed by atoms with Gasteiger partial charge in [-0.2, -0.15) is 4.98 Å². The molecule has 3 rings (SSSR count). The molecule has 0 radical (unpaired) electrons. The highest BCUT2D eigenvalue weighted by molar-refractivity contribution is 7.98. The molecule has 1 unspecified atom stereocenters. The van der Waals surface area contributed by atoms with E-state index in [9.17, 15) is 4.79 Å². The Morgan fingerprint density at radius 2 is 2.04 bits per heavy atom. The van der Waals surface area contributed by atoms with Crippen molar-refractivity contribution in [3.05, 3.63) is 47.2 Å². The summed E-state index contributed by atoms with van der Waals surface area (Å²) in [6, 6.07) is 9.30. The first-order valence-corrected chi connectivity index (χ1v) is 9.95. The zero-order valence-corrected chi connectivity index (χ0v) is 16.7. The van der Waals surface area contributed by atoms with Gasteiger partial charge in [0, 0.05) is 38.4 Å². The van der Waals surface area contributed by atoms with Crippen LogP contribution in [0.4, 0.5) is 5.95 Å². The molecule has 1 aromatic heterocycles. The first kappa shape index (κ1) is 18.9. The van der Waals surface area contributed by atoms with Crippen LogP contribution in [0.5, 0.6) is 0 Å². The number of carbonyl (C=O) groups is 1. The SMILES string of the molecule is CSc1cnc(N2CCN(C)CC2N(C)C(=O)c2ccccc2)nc1Cl. The number of carbonyl (C=O) groups excluding carboxylic acids is 1. The molecule has 26 heavy (non-hydrogen) atoms. The Bertz CT molecular complexity index is 775. The third-order valence-corrected chi connectivity index (χ3v) is 5.66. The van der Waals surface area contributed by atoms with Crippen LogP contribution in [-0.2, 0) is 0 Å². The van der Waals surface area contributed by atoms with Crippen molar-refractivity contribution in [1.82, 2.24) is 19.8 Å². The van der Waals surface area contributed by atoms with Gasteiger partial charge in [0.05, 0.1) is 4.90 Å². The molecule has 0 aliphatic carbocycles. The summed E-state index contributed by atoms with van der Waals surface area (Å²) < 4.78 is 0. The van der Waals surface area contributed by atoms with Gasteiger partial charge in [0.25, 0.3) is 5.91 Å². The van der Waals surface area contributed by atoms with Gasteiger partial charge in [0.15, 0.2) is 0 Å². The molecule has 1 amide bonds. The fourth-order valence-electron chi connectivity index (χ4n) is 3.00. The minimum absolute atomic E-state index is 0.0252. The normalized spacial score (nSPS) is 18.0. The molecule has 6 nitrogen and oxygen atoms in total. The summed E-state index contributed by atoms with van der Waals surface area (Å²) in [5, 5.41) is 0.442. The van der Waals surface area contributed by atoms with E-state index in [1.54, 1.807) is 11.1 Å². The molecular formula is C18H22ClN5OS. The average molecular weight is 392 g/mol. The van der Waals surface area contributed by atoms with Gasteiger partial charge < -0.3 is 14.7 Å². The highest BCUT2D eigenvalue weighted by atomic mass is 35.5. The van der Waals surface area contributed by atoms with Crippen LogP contribution < -0.4 is 4.90 Å². The molecular weight excluding hydrogens is 370 g/mol. The van der Waals surface area contributed by atoms with E-state index in [0.717, 1.165) is 18.0 Å². The smallest absolute Gasteiger partial charge is 0.255 e. The maximum absolute atomic E-state index is 12.9. The molecule has 2 aromatic rings. The molecule has 0 bridgehead atoms. The van der Waals surface area contributed by atoms with Gasteiger partial charge in [0.1, 0.15) is 11.3 Å². The lowest BCUT2D eigenvalue weighted by atomic mass is 10.2. The van der Waals surface area contributed by atoms with Crippen LogP contribution in [0.3, 0.4) is 0 Å². The molecule has 0 saturated carbocycles. The van der Waals surface area contributed by atoms with Crippen LogP contribution >= 0.6 is 23.4 Å². The Morgan fingerprint density at radius 3 is 2.69 bits per heavy atom. The predicted molar refractivity (Wildman–Crippen MR) is 106 cm³/mol. The number of hydrogen-bond acceptors (Lipinski definition) is 6. The maximum atomic E-state index is 12.9. The highest BCUT2D eigenvalue weighted by Gasteiger charge is 2.33. The number of nitrogens with zero attached hydrogens (tertiary/aromatic N) is 5. The van der Waals surface area contributed by atoms with Crippen molar-refractivity contribution in [2.45, 2.75) is 11.1 Å². The summed E-state index contributed by atoms with van der Waals surface area (Å²) >= 11 is 7.79. The van der Waals surface area contributed by atoms with Gasteiger partial charge in [-0.25, -0.2) is 4.98 Å². The molecule has 0 spiro atoms. The van der Waals surface area contributed by atoms with Crippen molar-refractivity contribution in [1.29, 1.82) is 0 Å². The first-order chi connectivity index (χ1) is 12.5. The van der Waals surface area contributed by atoms with Gasteiger partial charge >= 0.3 is 0 Å². The lowest BCUT2D eigenvalue weighted by molar-refractivity contribution is 0.0660. The number of likely N-dealkylation sites (N-methyl/N-ethyl adjacent to an activating group) is 2. The second kappa shape index (κ2) is 8.24. The Kier molecular flexibility index (Phi) is 6.01. The van der Waals surface area contributed by atoms with E-state index in [2.05, 4.69) is 26.8 Å². The highest BCUT2D eigenvalue weighted by Crippen LogP contribution is 2.26. The number of anilines is 1. The van der Waals surface area contributed by atoms with Crippen molar-refractivity contribution < 1.29 is 4.79 Å². The molecule has 1 atom stereocenters. The summed E-state index contributed by atoms with van der Waals surface area (Å²) in [7, 11) is 3.87. The van der Waals surface area contributed by atoms with E-state index in [4.69, 9.17) is 11.6 Å². The predicted octanol–water partition coefficient (Wildman–Crippen LogP) is 2.70.